The average Bonchev–Trinajstić information content (AvgIpc) is 2.77. The Morgan fingerprint density at radius 2 is 2.08 bits per heavy atom. The Labute approximate surface area is 146 Å². The first-order valence-electron chi connectivity index (χ1n) is 7.71. The number of nitrogens with zero attached hydrogens (tertiary/aromatic N) is 2. The molecule has 0 unspecified atom stereocenters. The van der Waals surface area contributed by atoms with Crippen molar-refractivity contribution in [2.75, 3.05) is 13.6 Å². The molecule has 1 aromatic carbocycles. The number of carbonyl (C=O) groups excluding carboxylic acids is 1. The van der Waals surface area contributed by atoms with E-state index in [1.807, 2.05) is 48.9 Å². The Kier molecular flexibility index (Phi) is 4.27. The number of carbonyl (C=O) groups is 1. The van der Waals surface area contributed by atoms with Crippen LogP contribution in [0.15, 0.2) is 47.9 Å². The molecule has 2 aliphatic heterocycles. The van der Waals surface area contributed by atoms with Crippen LogP contribution in [0.4, 0.5) is 4.79 Å². The number of amides is 2. The number of halogens is 1. The van der Waals surface area contributed by atoms with Crippen LogP contribution in [0.25, 0.3) is 0 Å². The molecular formula is C18H20ClN4O+. The van der Waals surface area contributed by atoms with Crippen LogP contribution in [-0.4, -0.2) is 35.0 Å². The van der Waals surface area contributed by atoms with Crippen LogP contribution in [0.3, 0.4) is 0 Å². The minimum absolute atomic E-state index is 0.00554. The van der Waals surface area contributed by atoms with E-state index in [1.165, 1.54) is 0 Å². The van der Waals surface area contributed by atoms with E-state index in [0.717, 1.165) is 17.1 Å². The van der Waals surface area contributed by atoms with Crippen molar-refractivity contribution in [2.24, 2.45) is 0 Å². The number of hydrogen-bond acceptors (Lipinski definition) is 2. The lowest BCUT2D eigenvalue weighted by Crippen LogP contribution is -2.92. The van der Waals surface area contributed by atoms with E-state index in [2.05, 4.69) is 31.1 Å². The largest absolute Gasteiger partial charge is 0.326 e. The summed E-state index contributed by atoms with van der Waals surface area (Å²) in [7, 11) is 1.83. The highest BCUT2D eigenvalue weighted by Gasteiger charge is 2.42. The summed E-state index contributed by atoms with van der Waals surface area (Å²) < 4.78 is 0. The van der Waals surface area contributed by atoms with Gasteiger partial charge < -0.3 is 4.90 Å². The van der Waals surface area contributed by atoms with Crippen molar-refractivity contribution >= 4 is 17.6 Å². The summed E-state index contributed by atoms with van der Waals surface area (Å²) in [6.45, 7) is 4.75. The van der Waals surface area contributed by atoms with Gasteiger partial charge in [-0.25, -0.2) is 15.6 Å². The molecule has 2 amide bonds. The number of urea groups is 1. The van der Waals surface area contributed by atoms with Gasteiger partial charge in [0.05, 0.1) is 12.1 Å². The summed E-state index contributed by atoms with van der Waals surface area (Å²) in [5, 5.41) is 0.669. The minimum atomic E-state index is -0.185. The van der Waals surface area contributed by atoms with Crippen LogP contribution in [0.2, 0.25) is 5.02 Å². The van der Waals surface area contributed by atoms with Crippen molar-refractivity contribution in [1.29, 1.82) is 0 Å². The molecule has 0 saturated carbocycles. The van der Waals surface area contributed by atoms with Crippen LogP contribution in [0.5, 0.6) is 0 Å². The molecule has 124 valence electrons. The van der Waals surface area contributed by atoms with E-state index in [1.54, 1.807) is 9.80 Å². The van der Waals surface area contributed by atoms with Crippen molar-refractivity contribution in [3.63, 3.8) is 0 Å². The third kappa shape index (κ3) is 3.25. The van der Waals surface area contributed by atoms with Crippen LogP contribution >= 0.6 is 11.6 Å². The van der Waals surface area contributed by atoms with E-state index in [-0.39, 0.29) is 11.6 Å². The number of rotatable bonds is 1. The molecule has 0 bridgehead atoms. The number of benzene rings is 1. The molecule has 0 radical (unpaired) electrons. The Morgan fingerprint density at radius 1 is 1.29 bits per heavy atom. The van der Waals surface area contributed by atoms with Gasteiger partial charge in [-0.1, -0.05) is 23.6 Å². The van der Waals surface area contributed by atoms with Gasteiger partial charge in [0.25, 0.3) is 0 Å². The van der Waals surface area contributed by atoms with Crippen LogP contribution in [0, 0.1) is 11.8 Å². The Morgan fingerprint density at radius 3 is 2.67 bits per heavy atom. The second kappa shape index (κ2) is 6.23. The first-order chi connectivity index (χ1) is 11.4. The third-order valence-corrected chi connectivity index (χ3v) is 4.47. The van der Waals surface area contributed by atoms with Gasteiger partial charge in [0.1, 0.15) is 0 Å². The number of likely N-dealkylation sites (N-methyl/N-ethyl adjacent to an activating group) is 1. The van der Waals surface area contributed by atoms with Crippen molar-refractivity contribution in [3.8, 4) is 11.8 Å². The molecule has 1 saturated heterocycles. The second-order valence-corrected chi connectivity index (χ2v) is 6.90. The maximum Gasteiger partial charge on any atom is 0.326 e. The molecule has 3 rings (SSSR count). The molecule has 6 heteroatoms. The number of nitrogens with two attached hydrogens (primary N) is 1. The van der Waals surface area contributed by atoms with E-state index in [4.69, 9.17) is 11.6 Å². The Hall–Kier alpha value is -2.42. The number of nitrogens with one attached hydrogen (secondary N) is 1. The zero-order chi connectivity index (χ0) is 17.3. The molecule has 0 aromatic heterocycles. The molecule has 0 spiro atoms. The molecular weight excluding hydrogens is 324 g/mol. The summed E-state index contributed by atoms with van der Waals surface area (Å²) in [6.07, 6.45) is 3.79. The molecule has 1 fully saturated rings. The summed E-state index contributed by atoms with van der Waals surface area (Å²) >= 11 is 5.95. The molecule has 3 N–H and O–H groups in total. The van der Waals surface area contributed by atoms with E-state index < -0.39 is 0 Å². The summed E-state index contributed by atoms with van der Waals surface area (Å²) in [5.41, 5.74) is 6.50. The predicted octanol–water partition coefficient (Wildman–Crippen LogP) is 1.64. The average molecular weight is 344 g/mol. The van der Waals surface area contributed by atoms with Crippen LogP contribution < -0.4 is 10.9 Å². The van der Waals surface area contributed by atoms with Crippen LogP contribution in [-0.2, 0) is 0 Å². The molecule has 0 aliphatic carbocycles. The van der Waals surface area contributed by atoms with Crippen molar-refractivity contribution in [2.45, 2.75) is 19.4 Å². The Bertz CT molecular complexity index is 801. The van der Waals surface area contributed by atoms with Gasteiger partial charge in [0, 0.05) is 23.7 Å². The minimum Gasteiger partial charge on any atom is -0.320 e. The molecule has 2 aliphatic rings. The lowest BCUT2D eigenvalue weighted by molar-refractivity contribution is -0.656. The highest BCUT2D eigenvalue weighted by molar-refractivity contribution is 6.30. The number of quaternary nitrogens is 1. The first kappa shape index (κ1) is 16.4. The van der Waals surface area contributed by atoms with Crippen molar-refractivity contribution in [3.05, 3.63) is 58.5 Å². The third-order valence-electron chi connectivity index (χ3n) is 4.23. The maximum absolute atomic E-state index is 12.3. The Balaban J connectivity index is 1.75. The van der Waals surface area contributed by atoms with Gasteiger partial charge in [-0.15, -0.1) is 0 Å². The van der Waals surface area contributed by atoms with Gasteiger partial charge >= 0.3 is 6.03 Å². The zero-order valence-corrected chi connectivity index (χ0v) is 14.7. The second-order valence-electron chi connectivity index (χ2n) is 6.46. The summed E-state index contributed by atoms with van der Waals surface area (Å²) in [5.74, 6) is 6.93. The maximum atomic E-state index is 12.3. The van der Waals surface area contributed by atoms with E-state index >= 15 is 0 Å². The summed E-state index contributed by atoms with van der Waals surface area (Å²) in [4.78, 5) is 15.8. The van der Waals surface area contributed by atoms with Gasteiger partial charge in [-0.05, 0) is 44.0 Å². The quantitative estimate of drug-likeness (QED) is 0.601. The highest BCUT2D eigenvalue weighted by Crippen LogP contribution is 2.26. The molecule has 5 nitrogen and oxygen atoms in total. The zero-order valence-electron chi connectivity index (χ0n) is 13.9. The number of hydrogen-bond donors (Lipinski definition) is 2. The van der Waals surface area contributed by atoms with Gasteiger partial charge in [-0.3, -0.25) is 4.90 Å². The SMILES string of the molecule is CN1C(=O)N(C2=CC=C(C#Cc3cccc(Cl)c3)[NH2+]N2)CC1(C)C. The predicted molar refractivity (Wildman–Crippen MR) is 93.5 cm³/mol. The lowest BCUT2D eigenvalue weighted by atomic mass is 10.1. The topological polar surface area (TPSA) is 52.2 Å². The standard InChI is InChI=1S/C18H19ClN4O/c1-18(2)12-23(17(24)22(18)3)16-10-9-15(20-21-16)8-7-13-5-4-6-14(19)11-13/h4-6,9-11,20-21H,12H2,1-3H3/p+1. The van der Waals surface area contributed by atoms with Gasteiger partial charge in [-0.2, -0.15) is 0 Å². The fourth-order valence-corrected chi connectivity index (χ4v) is 2.75. The van der Waals surface area contributed by atoms with Crippen molar-refractivity contribution < 1.29 is 10.2 Å². The fraction of sp³-hybridized carbons (Fsp3) is 0.278. The van der Waals surface area contributed by atoms with E-state index in [9.17, 15) is 4.79 Å². The molecule has 0 atom stereocenters. The fourth-order valence-electron chi connectivity index (χ4n) is 2.56. The lowest BCUT2D eigenvalue weighted by Gasteiger charge is -2.24. The van der Waals surface area contributed by atoms with Crippen molar-refractivity contribution in [1.82, 2.24) is 15.2 Å². The van der Waals surface area contributed by atoms with E-state index in [0.29, 0.717) is 11.6 Å². The number of allylic oxidation sites excluding steroid dienone is 3. The van der Waals surface area contributed by atoms with Gasteiger partial charge in [0.2, 0.25) is 5.70 Å². The smallest absolute Gasteiger partial charge is 0.320 e. The molecule has 2 heterocycles. The monoisotopic (exact) mass is 343 g/mol. The summed E-state index contributed by atoms with van der Waals surface area (Å²) in [6, 6.07) is 7.43. The normalized spacial score (nSPS) is 19.2. The van der Waals surface area contributed by atoms with Gasteiger partial charge in [0.15, 0.2) is 5.82 Å². The molecule has 24 heavy (non-hydrogen) atoms. The highest BCUT2D eigenvalue weighted by atomic mass is 35.5. The molecule has 1 aromatic rings. The first-order valence-corrected chi connectivity index (χ1v) is 8.09. The van der Waals surface area contributed by atoms with Crippen LogP contribution in [0.1, 0.15) is 19.4 Å².